The van der Waals surface area contributed by atoms with Crippen LogP contribution in [0.5, 0.6) is 0 Å². The van der Waals surface area contributed by atoms with Gasteiger partial charge in [0.15, 0.2) is 0 Å². The molecule has 21 heavy (non-hydrogen) atoms. The number of benzene rings is 1. The minimum Gasteiger partial charge on any atom is -0.377 e. The van der Waals surface area contributed by atoms with Gasteiger partial charge in [0, 0.05) is 30.0 Å². The zero-order chi connectivity index (χ0) is 15.5. The molecule has 0 saturated carbocycles. The Labute approximate surface area is 139 Å². The van der Waals surface area contributed by atoms with Crippen molar-refractivity contribution in [3.05, 3.63) is 28.2 Å². The fourth-order valence-corrected chi connectivity index (χ4v) is 5.00. The molecule has 1 fully saturated rings. The van der Waals surface area contributed by atoms with Crippen molar-refractivity contribution in [1.29, 1.82) is 0 Å². The first-order valence-electron chi connectivity index (χ1n) is 6.95. The number of sulfonamides is 1. The minimum absolute atomic E-state index is 0.00490. The van der Waals surface area contributed by atoms with Crippen LogP contribution in [0.4, 0.5) is 0 Å². The normalized spacial score (nSPS) is 19.3. The van der Waals surface area contributed by atoms with Crippen molar-refractivity contribution in [2.75, 3.05) is 19.7 Å². The summed E-state index contributed by atoms with van der Waals surface area (Å²) in [7, 11) is -3.55. The van der Waals surface area contributed by atoms with Crippen molar-refractivity contribution in [3.8, 4) is 0 Å². The summed E-state index contributed by atoms with van der Waals surface area (Å²) in [6, 6.07) is 5.17. The van der Waals surface area contributed by atoms with Crippen LogP contribution in [0.25, 0.3) is 0 Å². The molecule has 118 valence electrons. The zero-order valence-electron chi connectivity index (χ0n) is 11.9. The van der Waals surface area contributed by atoms with E-state index in [1.54, 1.807) is 12.1 Å². The van der Waals surface area contributed by atoms with Crippen molar-refractivity contribution >= 4 is 37.6 Å². The lowest BCUT2D eigenvalue weighted by molar-refractivity contribution is 0.0946. The van der Waals surface area contributed by atoms with Gasteiger partial charge in [-0.15, -0.1) is 11.6 Å². The summed E-state index contributed by atoms with van der Waals surface area (Å²) in [4.78, 5) is 0.264. The van der Waals surface area contributed by atoms with E-state index in [-0.39, 0.29) is 16.9 Å². The summed E-state index contributed by atoms with van der Waals surface area (Å²) >= 11 is 9.13. The van der Waals surface area contributed by atoms with Crippen molar-refractivity contribution in [2.24, 2.45) is 0 Å². The van der Waals surface area contributed by atoms with Crippen molar-refractivity contribution in [1.82, 2.24) is 4.31 Å². The van der Waals surface area contributed by atoms with Crippen LogP contribution in [0.15, 0.2) is 27.6 Å². The third-order valence-electron chi connectivity index (χ3n) is 3.55. The van der Waals surface area contributed by atoms with E-state index in [2.05, 4.69) is 15.9 Å². The van der Waals surface area contributed by atoms with Crippen LogP contribution in [0.3, 0.4) is 0 Å². The molecule has 0 amide bonds. The first kappa shape index (κ1) is 17.2. The van der Waals surface area contributed by atoms with Gasteiger partial charge < -0.3 is 4.74 Å². The number of hydrogen-bond donors (Lipinski definition) is 0. The van der Waals surface area contributed by atoms with Gasteiger partial charge in [-0.2, -0.15) is 4.31 Å². The second-order valence-electron chi connectivity index (χ2n) is 4.99. The largest absolute Gasteiger partial charge is 0.377 e. The van der Waals surface area contributed by atoms with Gasteiger partial charge in [-0.1, -0.05) is 13.0 Å². The zero-order valence-corrected chi connectivity index (χ0v) is 15.0. The van der Waals surface area contributed by atoms with E-state index in [1.807, 2.05) is 13.0 Å². The highest BCUT2D eigenvalue weighted by atomic mass is 79.9. The maximum absolute atomic E-state index is 12.8. The Hall–Kier alpha value is -0.140. The Kier molecular flexibility index (Phi) is 6.08. The third-order valence-corrected chi connectivity index (χ3v) is 6.79. The summed E-state index contributed by atoms with van der Waals surface area (Å²) in [6.07, 6.45) is 1.90. The topological polar surface area (TPSA) is 46.6 Å². The van der Waals surface area contributed by atoms with Crippen molar-refractivity contribution in [3.63, 3.8) is 0 Å². The fraction of sp³-hybridized carbons (Fsp3) is 0.571. The number of hydrogen-bond acceptors (Lipinski definition) is 3. The van der Waals surface area contributed by atoms with Crippen LogP contribution in [-0.4, -0.2) is 38.5 Å². The lowest BCUT2D eigenvalue weighted by Crippen LogP contribution is -2.37. The summed E-state index contributed by atoms with van der Waals surface area (Å²) < 4.78 is 33.3. The molecule has 0 spiro atoms. The maximum atomic E-state index is 12.8. The summed E-state index contributed by atoms with van der Waals surface area (Å²) in [6.45, 7) is 3.37. The SMILES string of the molecule is CCN(CC1CCCO1)S(=O)(=O)c1cc(CCl)ccc1Br. The Morgan fingerprint density at radius 3 is 2.81 bits per heavy atom. The molecule has 1 aromatic carbocycles. The van der Waals surface area contributed by atoms with Crippen molar-refractivity contribution in [2.45, 2.75) is 36.6 Å². The smallest absolute Gasteiger partial charge is 0.244 e. The van der Waals surface area contributed by atoms with Gasteiger partial charge >= 0.3 is 0 Å². The lowest BCUT2D eigenvalue weighted by atomic mass is 10.2. The van der Waals surface area contributed by atoms with E-state index in [1.165, 1.54) is 4.31 Å². The van der Waals surface area contributed by atoms with Crippen LogP contribution in [0.1, 0.15) is 25.3 Å². The predicted molar refractivity (Wildman–Crippen MR) is 87.1 cm³/mol. The standard InChI is InChI=1S/C14H19BrClNO3S/c1-2-17(10-12-4-3-7-20-12)21(18,19)14-8-11(9-16)5-6-13(14)15/h5-6,8,12H,2-4,7,9-10H2,1H3. The van der Waals surface area contributed by atoms with E-state index >= 15 is 0 Å². The van der Waals surface area contributed by atoms with Gasteiger partial charge in [-0.3, -0.25) is 0 Å². The fourth-order valence-electron chi connectivity index (χ4n) is 2.38. The van der Waals surface area contributed by atoms with E-state index < -0.39 is 10.0 Å². The molecule has 7 heteroatoms. The van der Waals surface area contributed by atoms with Gasteiger partial charge in [0.2, 0.25) is 10.0 Å². The number of nitrogens with zero attached hydrogens (tertiary/aromatic N) is 1. The molecule has 1 saturated heterocycles. The highest BCUT2D eigenvalue weighted by molar-refractivity contribution is 9.10. The second kappa shape index (κ2) is 7.42. The van der Waals surface area contributed by atoms with Crippen LogP contribution < -0.4 is 0 Å². The molecule has 2 rings (SSSR count). The second-order valence-corrected chi connectivity index (χ2v) is 8.02. The molecule has 0 aliphatic carbocycles. The lowest BCUT2D eigenvalue weighted by Gasteiger charge is -2.24. The Morgan fingerprint density at radius 1 is 1.48 bits per heavy atom. The molecular weight excluding hydrogens is 378 g/mol. The number of ether oxygens (including phenoxy) is 1. The van der Waals surface area contributed by atoms with Gasteiger partial charge in [0.05, 0.1) is 11.0 Å². The Balaban J connectivity index is 2.29. The number of alkyl halides is 1. The summed E-state index contributed by atoms with van der Waals surface area (Å²) in [5.74, 6) is 0.285. The van der Waals surface area contributed by atoms with Gasteiger partial charge in [0.25, 0.3) is 0 Å². The highest BCUT2D eigenvalue weighted by Gasteiger charge is 2.29. The Morgan fingerprint density at radius 2 is 2.24 bits per heavy atom. The van der Waals surface area contributed by atoms with Gasteiger partial charge in [0.1, 0.15) is 0 Å². The molecule has 1 atom stereocenters. The van der Waals surface area contributed by atoms with Gasteiger partial charge in [-0.25, -0.2) is 8.42 Å². The predicted octanol–water partition coefficient (Wildman–Crippen LogP) is 3.38. The first-order chi connectivity index (χ1) is 9.98. The molecule has 1 heterocycles. The molecule has 1 unspecified atom stereocenters. The molecule has 0 N–H and O–H groups in total. The van der Waals surface area contributed by atoms with E-state index in [0.717, 1.165) is 18.4 Å². The van der Waals surface area contributed by atoms with Crippen LogP contribution >= 0.6 is 27.5 Å². The average molecular weight is 397 g/mol. The first-order valence-corrected chi connectivity index (χ1v) is 9.72. The summed E-state index contributed by atoms with van der Waals surface area (Å²) in [5.41, 5.74) is 0.784. The number of halogens is 2. The highest BCUT2D eigenvalue weighted by Crippen LogP contribution is 2.28. The molecule has 0 aromatic heterocycles. The molecule has 4 nitrogen and oxygen atoms in total. The molecule has 0 radical (unpaired) electrons. The number of rotatable bonds is 6. The quantitative estimate of drug-likeness (QED) is 0.693. The van der Waals surface area contributed by atoms with Crippen LogP contribution in [-0.2, 0) is 20.6 Å². The van der Waals surface area contributed by atoms with Crippen molar-refractivity contribution < 1.29 is 13.2 Å². The molecule has 1 aliphatic heterocycles. The molecule has 1 aromatic rings. The monoisotopic (exact) mass is 395 g/mol. The molecular formula is C14H19BrClNO3S. The van der Waals surface area contributed by atoms with Crippen LogP contribution in [0, 0.1) is 0 Å². The van der Waals surface area contributed by atoms with E-state index in [0.29, 0.717) is 24.2 Å². The molecule has 0 bridgehead atoms. The number of likely N-dealkylation sites (N-methyl/N-ethyl adjacent to an activating group) is 1. The third kappa shape index (κ3) is 3.99. The Bertz CT molecular complexity index is 588. The van der Waals surface area contributed by atoms with E-state index in [9.17, 15) is 8.42 Å². The molecule has 1 aliphatic rings. The van der Waals surface area contributed by atoms with Crippen LogP contribution in [0.2, 0.25) is 0 Å². The van der Waals surface area contributed by atoms with E-state index in [4.69, 9.17) is 16.3 Å². The summed E-state index contributed by atoms with van der Waals surface area (Å²) in [5, 5.41) is 0. The maximum Gasteiger partial charge on any atom is 0.244 e. The average Bonchev–Trinajstić information content (AvgIpc) is 2.98. The minimum atomic E-state index is -3.55. The van der Waals surface area contributed by atoms with Gasteiger partial charge in [-0.05, 0) is 46.5 Å².